The largest absolute Gasteiger partial charge is 0.497 e. The van der Waals surface area contributed by atoms with Gasteiger partial charge in [0.15, 0.2) is 0 Å². The molecule has 1 fully saturated rings. The molecule has 3 aromatic rings. The van der Waals surface area contributed by atoms with Crippen LogP contribution >= 0.6 is 0 Å². The van der Waals surface area contributed by atoms with Crippen molar-refractivity contribution in [1.29, 1.82) is 0 Å². The number of benzene rings is 2. The van der Waals surface area contributed by atoms with Crippen LogP contribution in [0.2, 0.25) is 0 Å². The Morgan fingerprint density at radius 3 is 2.72 bits per heavy atom. The molecule has 1 saturated heterocycles. The van der Waals surface area contributed by atoms with Gasteiger partial charge in [0.1, 0.15) is 5.75 Å². The number of nitrogens with zero attached hydrogens (tertiary/aromatic N) is 2. The number of hydrogen-bond acceptors (Lipinski definition) is 4. The zero-order valence-corrected chi connectivity index (χ0v) is 16.5. The SMILES string of the molecule is COc1ccc(CN2CC(C(=O)Nc3cccc4ccc(C)nc34)CC2=O)cc1. The van der Waals surface area contributed by atoms with Gasteiger partial charge in [-0.2, -0.15) is 0 Å². The van der Waals surface area contributed by atoms with Crippen LogP contribution in [0.15, 0.2) is 54.6 Å². The Hall–Kier alpha value is -3.41. The Labute approximate surface area is 169 Å². The van der Waals surface area contributed by atoms with Crippen molar-refractivity contribution < 1.29 is 14.3 Å². The molecule has 0 radical (unpaired) electrons. The third kappa shape index (κ3) is 4.06. The normalized spacial score (nSPS) is 16.3. The lowest BCUT2D eigenvalue weighted by Crippen LogP contribution is -2.28. The van der Waals surface area contributed by atoms with E-state index < -0.39 is 0 Å². The van der Waals surface area contributed by atoms with Crippen LogP contribution in [-0.4, -0.2) is 35.4 Å². The van der Waals surface area contributed by atoms with E-state index in [4.69, 9.17) is 4.74 Å². The van der Waals surface area contributed by atoms with Gasteiger partial charge in [0.25, 0.3) is 0 Å². The zero-order valence-electron chi connectivity index (χ0n) is 16.5. The quantitative estimate of drug-likeness (QED) is 0.725. The van der Waals surface area contributed by atoms with E-state index in [1.54, 1.807) is 12.0 Å². The van der Waals surface area contributed by atoms with E-state index in [2.05, 4.69) is 10.3 Å². The van der Waals surface area contributed by atoms with Gasteiger partial charge in [-0.05, 0) is 36.8 Å². The molecule has 29 heavy (non-hydrogen) atoms. The first kappa shape index (κ1) is 18.9. The third-order valence-corrected chi connectivity index (χ3v) is 5.24. The van der Waals surface area contributed by atoms with Gasteiger partial charge in [-0.15, -0.1) is 0 Å². The molecule has 6 nitrogen and oxygen atoms in total. The van der Waals surface area contributed by atoms with Crippen molar-refractivity contribution in [2.45, 2.75) is 19.9 Å². The van der Waals surface area contributed by atoms with E-state index in [9.17, 15) is 9.59 Å². The molecule has 2 amide bonds. The second-order valence-corrected chi connectivity index (χ2v) is 7.34. The molecule has 0 spiro atoms. The molecule has 4 rings (SSSR count). The van der Waals surface area contributed by atoms with Crippen molar-refractivity contribution in [1.82, 2.24) is 9.88 Å². The summed E-state index contributed by atoms with van der Waals surface area (Å²) in [6, 6.07) is 17.2. The van der Waals surface area contributed by atoms with Gasteiger partial charge in [-0.1, -0.05) is 30.3 Å². The van der Waals surface area contributed by atoms with Crippen LogP contribution in [0.4, 0.5) is 5.69 Å². The highest BCUT2D eigenvalue weighted by molar-refractivity contribution is 6.03. The summed E-state index contributed by atoms with van der Waals surface area (Å²) in [5.41, 5.74) is 3.34. The molecule has 148 valence electrons. The summed E-state index contributed by atoms with van der Waals surface area (Å²) in [5, 5.41) is 3.95. The van der Waals surface area contributed by atoms with Crippen LogP contribution in [0.25, 0.3) is 10.9 Å². The van der Waals surface area contributed by atoms with E-state index in [1.807, 2.05) is 61.5 Å². The van der Waals surface area contributed by atoms with Gasteiger partial charge < -0.3 is 15.0 Å². The van der Waals surface area contributed by atoms with Gasteiger partial charge in [0, 0.05) is 30.6 Å². The molecule has 6 heteroatoms. The molecule has 2 heterocycles. The summed E-state index contributed by atoms with van der Waals surface area (Å²) in [6.07, 6.45) is 0.221. The Balaban J connectivity index is 1.45. The van der Waals surface area contributed by atoms with Crippen LogP contribution in [0, 0.1) is 12.8 Å². The number of rotatable bonds is 5. The molecule has 1 atom stereocenters. The van der Waals surface area contributed by atoms with Crippen molar-refractivity contribution in [2.75, 3.05) is 19.0 Å². The number of carbonyl (C=O) groups is 2. The number of nitrogens with one attached hydrogen (secondary N) is 1. The maximum atomic E-state index is 12.8. The van der Waals surface area contributed by atoms with Crippen molar-refractivity contribution in [2.24, 2.45) is 5.92 Å². The molecule has 0 aliphatic carbocycles. The number of carbonyl (C=O) groups excluding carboxylic acids is 2. The maximum absolute atomic E-state index is 12.8. The molecular formula is C23H23N3O3. The van der Waals surface area contributed by atoms with E-state index in [-0.39, 0.29) is 24.2 Å². The number of aromatic nitrogens is 1. The predicted octanol–water partition coefficient (Wildman–Crippen LogP) is 3.54. The minimum absolute atomic E-state index is 0.00661. The van der Waals surface area contributed by atoms with Crippen molar-refractivity contribution in [3.05, 3.63) is 65.9 Å². The van der Waals surface area contributed by atoms with Crippen molar-refractivity contribution in [3.8, 4) is 5.75 Å². The Kier molecular flexibility index (Phi) is 5.16. The molecule has 1 aliphatic heterocycles. The summed E-state index contributed by atoms with van der Waals surface area (Å²) >= 11 is 0. The fourth-order valence-corrected chi connectivity index (χ4v) is 3.63. The molecule has 2 aromatic carbocycles. The highest BCUT2D eigenvalue weighted by atomic mass is 16.5. The van der Waals surface area contributed by atoms with Gasteiger partial charge in [0.05, 0.1) is 24.2 Å². The molecule has 0 bridgehead atoms. The first-order valence-corrected chi connectivity index (χ1v) is 9.61. The zero-order chi connectivity index (χ0) is 20.4. The van der Waals surface area contributed by atoms with E-state index in [0.717, 1.165) is 27.9 Å². The second kappa shape index (κ2) is 7.91. The summed E-state index contributed by atoms with van der Waals surface area (Å²) in [5.74, 6) is 0.248. The minimum atomic E-state index is -0.374. The van der Waals surface area contributed by atoms with Crippen molar-refractivity contribution >= 4 is 28.4 Å². The number of likely N-dealkylation sites (tertiary alicyclic amines) is 1. The van der Waals surface area contributed by atoms with Crippen LogP contribution in [0.3, 0.4) is 0 Å². The summed E-state index contributed by atoms with van der Waals surface area (Å²) < 4.78 is 5.16. The van der Waals surface area contributed by atoms with Crippen LogP contribution in [-0.2, 0) is 16.1 Å². The predicted molar refractivity (Wildman–Crippen MR) is 112 cm³/mol. The highest BCUT2D eigenvalue weighted by Gasteiger charge is 2.34. The van der Waals surface area contributed by atoms with Gasteiger partial charge >= 0.3 is 0 Å². The number of ether oxygens (including phenoxy) is 1. The number of hydrogen-bond donors (Lipinski definition) is 1. The van der Waals surface area contributed by atoms with Crippen LogP contribution < -0.4 is 10.1 Å². The standard InChI is InChI=1S/C23H23N3O3/c1-15-6-9-17-4-3-5-20(22(17)24-15)25-23(28)18-12-21(27)26(14-18)13-16-7-10-19(29-2)11-8-16/h3-11,18H,12-14H2,1-2H3,(H,25,28). The minimum Gasteiger partial charge on any atom is -0.497 e. The van der Waals surface area contributed by atoms with Crippen molar-refractivity contribution in [3.63, 3.8) is 0 Å². The fourth-order valence-electron chi connectivity index (χ4n) is 3.63. The fraction of sp³-hybridized carbons (Fsp3) is 0.261. The lowest BCUT2D eigenvalue weighted by atomic mass is 10.1. The highest BCUT2D eigenvalue weighted by Crippen LogP contribution is 2.26. The van der Waals surface area contributed by atoms with Gasteiger partial charge in [-0.3, -0.25) is 14.6 Å². The Bertz CT molecular complexity index is 1060. The second-order valence-electron chi connectivity index (χ2n) is 7.34. The van der Waals surface area contributed by atoms with Gasteiger partial charge in [0.2, 0.25) is 11.8 Å². The van der Waals surface area contributed by atoms with E-state index in [0.29, 0.717) is 18.8 Å². The average molecular weight is 389 g/mol. The van der Waals surface area contributed by atoms with E-state index in [1.165, 1.54) is 0 Å². The third-order valence-electron chi connectivity index (χ3n) is 5.24. The number of fused-ring (bicyclic) bond motifs is 1. The Morgan fingerprint density at radius 1 is 1.17 bits per heavy atom. The summed E-state index contributed by atoms with van der Waals surface area (Å²) in [4.78, 5) is 31.6. The molecular weight excluding hydrogens is 366 g/mol. The molecule has 1 aliphatic rings. The van der Waals surface area contributed by atoms with Crippen LogP contribution in [0.1, 0.15) is 17.7 Å². The first-order chi connectivity index (χ1) is 14.0. The number of methoxy groups -OCH3 is 1. The number of anilines is 1. The Morgan fingerprint density at radius 2 is 1.97 bits per heavy atom. The summed E-state index contributed by atoms with van der Waals surface area (Å²) in [6.45, 7) is 2.82. The number of aryl methyl sites for hydroxylation is 1. The topological polar surface area (TPSA) is 71.5 Å². The molecule has 1 aromatic heterocycles. The lowest BCUT2D eigenvalue weighted by Gasteiger charge is -2.17. The van der Waals surface area contributed by atoms with Gasteiger partial charge in [-0.25, -0.2) is 0 Å². The van der Waals surface area contributed by atoms with Crippen LogP contribution in [0.5, 0.6) is 5.75 Å². The van der Waals surface area contributed by atoms with E-state index >= 15 is 0 Å². The number of para-hydroxylation sites is 1. The molecule has 1 unspecified atom stereocenters. The average Bonchev–Trinajstić information content (AvgIpc) is 3.09. The molecule has 0 saturated carbocycles. The number of pyridine rings is 1. The molecule has 1 N–H and O–H groups in total. The maximum Gasteiger partial charge on any atom is 0.229 e. The number of amides is 2. The first-order valence-electron chi connectivity index (χ1n) is 9.61. The lowest BCUT2D eigenvalue weighted by molar-refractivity contribution is -0.128. The monoisotopic (exact) mass is 389 g/mol. The smallest absolute Gasteiger partial charge is 0.229 e. The summed E-state index contributed by atoms with van der Waals surface area (Å²) in [7, 11) is 1.62.